The van der Waals surface area contributed by atoms with Crippen molar-refractivity contribution in [2.75, 3.05) is 32.1 Å². The monoisotopic (exact) mass is 354 g/mol. The van der Waals surface area contributed by atoms with Crippen molar-refractivity contribution >= 4 is 27.5 Å². The van der Waals surface area contributed by atoms with Crippen LogP contribution < -0.4 is 5.32 Å². The molecule has 1 unspecified atom stereocenters. The zero-order valence-electron chi connectivity index (χ0n) is 12.7. The minimum absolute atomic E-state index is 0.00198. The number of carbonyl (C=O) groups is 1. The number of anilines is 1. The van der Waals surface area contributed by atoms with Gasteiger partial charge in [0, 0.05) is 17.6 Å². The summed E-state index contributed by atoms with van der Waals surface area (Å²) in [7, 11) is 1.96. The average molecular weight is 355 g/mol. The van der Waals surface area contributed by atoms with Gasteiger partial charge >= 0.3 is 0 Å². The van der Waals surface area contributed by atoms with E-state index in [2.05, 4.69) is 21.2 Å². The number of rotatable bonds is 5. The van der Waals surface area contributed by atoms with E-state index in [0.29, 0.717) is 6.54 Å². The number of aryl methyl sites for hydroxylation is 1. The molecule has 1 aromatic rings. The van der Waals surface area contributed by atoms with Crippen molar-refractivity contribution in [3.63, 3.8) is 0 Å². The Morgan fingerprint density at radius 3 is 2.95 bits per heavy atom. The molecule has 1 heterocycles. The predicted molar refractivity (Wildman–Crippen MR) is 88.6 cm³/mol. The summed E-state index contributed by atoms with van der Waals surface area (Å²) in [4.78, 5) is 14.1. The quantitative estimate of drug-likeness (QED) is 0.882. The standard InChI is InChI=1S/C16H23BrN2O2/c1-12-6-7-15(14(17)9-12)18-16(20)11-19(2)10-13-5-3-4-8-21-13/h6-7,9,13H,3-5,8,10-11H2,1-2H3,(H,18,20). The molecule has 0 radical (unpaired) electrons. The van der Waals surface area contributed by atoms with Crippen molar-refractivity contribution in [1.82, 2.24) is 4.90 Å². The molecule has 4 nitrogen and oxygen atoms in total. The fraction of sp³-hybridized carbons (Fsp3) is 0.562. The lowest BCUT2D eigenvalue weighted by Gasteiger charge is -2.27. The third-order valence-electron chi connectivity index (χ3n) is 3.60. The Kier molecular flexibility index (Phi) is 6.21. The molecule has 1 saturated heterocycles. The molecule has 1 aliphatic rings. The van der Waals surface area contributed by atoms with Gasteiger partial charge in [0.1, 0.15) is 0 Å². The number of ether oxygens (including phenoxy) is 1. The third-order valence-corrected chi connectivity index (χ3v) is 4.26. The summed E-state index contributed by atoms with van der Waals surface area (Å²) >= 11 is 3.47. The van der Waals surface area contributed by atoms with E-state index >= 15 is 0 Å². The Bertz CT molecular complexity index is 487. The number of carbonyl (C=O) groups excluding carboxylic acids is 1. The molecule has 0 bridgehead atoms. The van der Waals surface area contributed by atoms with Crippen molar-refractivity contribution in [3.8, 4) is 0 Å². The Morgan fingerprint density at radius 1 is 1.48 bits per heavy atom. The van der Waals surface area contributed by atoms with Gasteiger partial charge in [-0.05, 0) is 66.9 Å². The topological polar surface area (TPSA) is 41.6 Å². The number of likely N-dealkylation sites (N-methyl/N-ethyl adjacent to an activating group) is 1. The highest BCUT2D eigenvalue weighted by Crippen LogP contribution is 2.23. The molecule has 116 valence electrons. The maximum absolute atomic E-state index is 12.1. The Balaban J connectivity index is 1.80. The minimum Gasteiger partial charge on any atom is -0.377 e. The van der Waals surface area contributed by atoms with Crippen LogP contribution in [0, 0.1) is 6.92 Å². The molecule has 0 aromatic heterocycles. The summed E-state index contributed by atoms with van der Waals surface area (Å²) in [5.74, 6) is -0.00198. The van der Waals surface area contributed by atoms with Gasteiger partial charge in [0.05, 0.1) is 18.3 Å². The lowest BCUT2D eigenvalue weighted by molar-refractivity contribution is -0.117. The predicted octanol–water partition coefficient (Wildman–Crippen LogP) is 3.20. The molecular weight excluding hydrogens is 332 g/mol. The Labute approximate surface area is 135 Å². The fourth-order valence-electron chi connectivity index (χ4n) is 2.52. The number of nitrogens with zero attached hydrogens (tertiary/aromatic N) is 1. The number of halogens is 1. The number of benzene rings is 1. The van der Waals surface area contributed by atoms with E-state index in [-0.39, 0.29) is 12.0 Å². The number of hydrogen-bond acceptors (Lipinski definition) is 3. The van der Waals surface area contributed by atoms with Crippen LogP contribution in [0.4, 0.5) is 5.69 Å². The zero-order valence-corrected chi connectivity index (χ0v) is 14.3. The van der Waals surface area contributed by atoms with Gasteiger partial charge in [-0.15, -0.1) is 0 Å². The molecule has 1 atom stereocenters. The molecule has 1 amide bonds. The Hall–Kier alpha value is -0.910. The van der Waals surface area contributed by atoms with E-state index in [4.69, 9.17) is 4.74 Å². The van der Waals surface area contributed by atoms with Crippen molar-refractivity contribution < 1.29 is 9.53 Å². The van der Waals surface area contributed by atoms with E-state index in [9.17, 15) is 4.79 Å². The van der Waals surface area contributed by atoms with E-state index in [1.54, 1.807) is 0 Å². The zero-order chi connectivity index (χ0) is 15.2. The summed E-state index contributed by atoms with van der Waals surface area (Å²) < 4.78 is 6.61. The van der Waals surface area contributed by atoms with Crippen LogP contribution in [0.15, 0.2) is 22.7 Å². The molecular formula is C16H23BrN2O2. The number of amides is 1. The van der Waals surface area contributed by atoms with Crippen LogP contribution in [0.25, 0.3) is 0 Å². The summed E-state index contributed by atoms with van der Waals surface area (Å²) in [6.07, 6.45) is 3.74. The molecule has 0 saturated carbocycles. The highest BCUT2D eigenvalue weighted by Gasteiger charge is 2.17. The molecule has 0 aliphatic carbocycles. The molecule has 1 N–H and O–H groups in total. The van der Waals surface area contributed by atoms with E-state index < -0.39 is 0 Å². The highest BCUT2D eigenvalue weighted by molar-refractivity contribution is 9.10. The smallest absolute Gasteiger partial charge is 0.238 e. The van der Waals surface area contributed by atoms with Gasteiger partial charge in [-0.2, -0.15) is 0 Å². The molecule has 21 heavy (non-hydrogen) atoms. The summed E-state index contributed by atoms with van der Waals surface area (Å²) in [5.41, 5.74) is 1.97. The molecule has 5 heteroatoms. The number of nitrogens with one attached hydrogen (secondary N) is 1. The van der Waals surface area contributed by atoms with Crippen LogP contribution in [0.3, 0.4) is 0 Å². The second kappa shape index (κ2) is 7.92. The van der Waals surface area contributed by atoms with Crippen LogP contribution in [0.5, 0.6) is 0 Å². The normalized spacial score (nSPS) is 18.8. The van der Waals surface area contributed by atoms with Gasteiger partial charge in [0.15, 0.2) is 0 Å². The van der Waals surface area contributed by atoms with Crippen molar-refractivity contribution in [1.29, 1.82) is 0 Å². The first-order valence-electron chi connectivity index (χ1n) is 7.41. The SMILES string of the molecule is Cc1ccc(NC(=O)CN(C)CC2CCCCO2)c(Br)c1. The molecule has 0 spiro atoms. The molecule has 1 aliphatic heterocycles. The van der Waals surface area contributed by atoms with Gasteiger partial charge in [-0.3, -0.25) is 9.69 Å². The molecule has 1 fully saturated rings. The van der Waals surface area contributed by atoms with E-state index in [0.717, 1.165) is 41.7 Å². The first kappa shape index (κ1) is 16.5. The van der Waals surface area contributed by atoms with Gasteiger partial charge < -0.3 is 10.1 Å². The lowest BCUT2D eigenvalue weighted by Crippen LogP contribution is -2.37. The fourth-order valence-corrected chi connectivity index (χ4v) is 3.11. The summed E-state index contributed by atoms with van der Waals surface area (Å²) in [5, 5.41) is 2.94. The molecule has 1 aromatic carbocycles. The van der Waals surface area contributed by atoms with Crippen LogP contribution in [-0.4, -0.2) is 43.7 Å². The van der Waals surface area contributed by atoms with Crippen molar-refractivity contribution in [2.45, 2.75) is 32.3 Å². The maximum Gasteiger partial charge on any atom is 0.238 e. The van der Waals surface area contributed by atoms with Crippen molar-refractivity contribution in [3.05, 3.63) is 28.2 Å². The number of hydrogen-bond donors (Lipinski definition) is 1. The highest BCUT2D eigenvalue weighted by atomic mass is 79.9. The summed E-state index contributed by atoms with van der Waals surface area (Å²) in [6, 6.07) is 5.90. The van der Waals surface area contributed by atoms with Gasteiger partial charge in [-0.1, -0.05) is 6.07 Å². The lowest BCUT2D eigenvalue weighted by atomic mass is 10.1. The van der Waals surface area contributed by atoms with E-state index in [1.165, 1.54) is 6.42 Å². The first-order valence-corrected chi connectivity index (χ1v) is 8.20. The van der Waals surface area contributed by atoms with Crippen LogP contribution in [0.2, 0.25) is 0 Å². The van der Waals surface area contributed by atoms with Gasteiger partial charge in [0.2, 0.25) is 5.91 Å². The van der Waals surface area contributed by atoms with Crippen LogP contribution in [0.1, 0.15) is 24.8 Å². The Morgan fingerprint density at radius 2 is 2.29 bits per heavy atom. The van der Waals surface area contributed by atoms with Crippen LogP contribution >= 0.6 is 15.9 Å². The minimum atomic E-state index is -0.00198. The second-order valence-electron chi connectivity index (χ2n) is 5.72. The maximum atomic E-state index is 12.1. The van der Waals surface area contributed by atoms with Gasteiger partial charge in [-0.25, -0.2) is 0 Å². The average Bonchev–Trinajstić information content (AvgIpc) is 2.43. The van der Waals surface area contributed by atoms with Crippen molar-refractivity contribution in [2.24, 2.45) is 0 Å². The third kappa shape index (κ3) is 5.41. The second-order valence-corrected chi connectivity index (χ2v) is 6.57. The van der Waals surface area contributed by atoms with Gasteiger partial charge in [0.25, 0.3) is 0 Å². The first-order chi connectivity index (χ1) is 10.0. The molecule has 2 rings (SSSR count). The van der Waals surface area contributed by atoms with E-state index in [1.807, 2.05) is 37.1 Å². The van der Waals surface area contributed by atoms with Crippen LogP contribution in [-0.2, 0) is 9.53 Å². The largest absolute Gasteiger partial charge is 0.377 e. The summed E-state index contributed by atoms with van der Waals surface area (Å²) in [6.45, 7) is 4.05.